The van der Waals surface area contributed by atoms with Gasteiger partial charge in [0, 0.05) is 29.1 Å². The average Bonchev–Trinajstić information content (AvgIpc) is 3.32. The van der Waals surface area contributed by atoms with Crippen molar-refractivity contribution < 1.29 is 4.74 Å². The van der Waals surface area contributed by atoms with Crippen LogP contribution >= 0.6 is 0 Å². The molecule has 0 spiro atoms. The first-order valence-corrected chi connectivity index (χ1v) is 12.0. The number of fused-ring (bicyclic) bond motifs is 5. The fourth-order valence-electron chi connectivity index (χ4n) is 4.86. The van der Waals surface area contributed by atoms with Crippen LogP contribution in [0.4, 0.5) is 11.4 Å². The predicted octanol–water partition coefficient (Wildman–Crippen LogP) is 7.67. The summed E-state index contributed by atoms with van der Waals surface area (Å²) >= 11 is 0. The Bertz CT molecular complexity index is 1710. The molecule has 4 aromatic carbocycles. The molecular weight excluding hydrogens is 444 g/mol. The molecule has 36 heavy (non-hydrogen) atoms. The Morgan fingerprint density at radius 3 is 2.42 bits per heavy atom. The summed E-state index contributed by atoms with van der Waals surface area (Å²) in [6.07, 6.45) is 1.80. The number of para-hydroxylation sites is 3. The van der Waals surface area contributed by atoms with Gasteiger partial charge in [-0.25, -0.2) is 4.98 Å². The van der Waals surface area contributed by atoms with E-state index in [9.17, 15) is 0 Å². The van der Waals surface area contributed by atoms with Crippen LogP contribution in [-0.4, -0.2) is 14.5 Å². The van der Waals surface area contributed by atoms with Crippen molar-refractivity contribution >= 4 is 22.4 Å². The Kier molecular flexibility index (Phi) is 4.77. The maximum atomic E-state index is 6.31. The summed E-state index contributed by atoms with van der Waals surface area (Å²) in [5.74, 6) is 2.56. The Morgan fingerprint density at radius 2 is 1.50 bits per heavy atom. The number of rotatable bonds is 4. The first-order chi connectivity index (χ1) is 17.8. The minimum Gasteiger partial charge on any atom is -0.457 e. The molecule has 0 N–H and O–H groups in total. The van der Waals surface area contributed by atoms with Gasteiger partial charge in [-0.05, 0) is 60.7 Å². The molecule has 2 aromatic heterocycles. The third-order valence-corrected chi connectivity index (χ3v) is 6.53. The maximum Gasteiger partial charge on any atom is 0.144 e. The first-order valence-electron chi connectivity index (χ1n) is 12.0. The van der Waals surface area contributed by atoms with Crippen LogP contribution in [0.1, 0.15) is 0 Å². The molecular formula is C31H22N4O. The largest absolute Gasteiger partial charge is 0.457 e. The van der Waals surface area contributed by atoms with E-state index < -0.39 is 0 Å². The predicted molar refractivity (Wildman–Crippen MR) is 143 cm³/mol. The summed E-state index contributed by atoms with van der Waals surface area (Å²) in [4.78, 5) is 11.7. The van der Waals surface area contributed by atoms with Crippen LogP contribution in [0.3, 0.4) is 0 Å². The van der Waals surface area contributed by atoms with E-state index >= 15 is 0 Å². The topological polar surface area (TPSA) is 43.2 Å². The zero-order valence-electron chi connectivity index (χ0n) is 19.5. The molecule has 1 aliphatic heterocycles. The highest BCUT2D eigenvalue weighted by molar-refractivity contribution is 5.88. The number of aromatic nitrogens is 3. The number of hydrogen-bond acceptors (Lipinski definition) is 4. The summed E-state index contributed by atoms with van der Waals surface area (Å²) in [5, 5.41) is 0. The number of imidazole rings is 1. The SMILES string of the molecule is c1ccc(-c2cccc(Oc3cccc(N4Cn5c(nc6ccccc65)-c5ccccc54)c3)c2)nc1. The lowest BCUT2D eigenvalue weighted by Crippen LogP contribution is -2.26. The van der Waals surface area contributed by atoms with Crippen molar-refractivity contribution in [2.75, 3.05) is 4.90 Å². The van der Waals surface area contributed by atoms with Crippen LogP contribution in [0.25, 0.3) is 33.7 Å². The van der Waals surface area contributed by atoms with Crippen LogP contribution in [0, 0.1) is 0 Å². The van der Waals surface area contributed by atoms with Gasteiger partial charge in [-0.3, -0.25) is 4.98 Å². The van der Waals surface area contributed by atoms with Crippen LogP contribution in [0.5, 0.6) is 11.5 Å². The van der Waals surface area contributed by atoms with Gasteiger partial charge in [0.25, 0.3) is 0 Å². The van der Waals surface area contributed by atoms with Gasteiger partial charge in [-0.2, -0.15) is 0 Å². The lowest BCUT2D eigenvalue weighted by molar-refractivity contribution is 0.483. The van der Waals surface area contributed by atoms with E-state index in [1.165, 1.54) is 0 Å². The molecule has 172 valence electrons. The van der Waals surface area contributed by atoms with Gasteiger partial charge < -0.3 is 14.2 Å². The van der Waals surface area contributed by atoms with E-state index in [1.807, 2.05) is 60.7 Å². The third kappa shape index (κ3) is 3.49. The standard InChI is InChI=1S/C31H22N4O/c1-3-16-29-26(13-1)31-33-28-15-2-4-17-30(28)35(31)21-34(29)23-10-8-12-25(20-23)36-24-11-7-9-22(19-24)27-14-5-6-18-32-27/h1-20H,21H2. The van der Waals surface area contributed by atoms with Crippen molar-refractivity contribution in [3.05, 3.63) is 121 Å². The average molecular weight is 467 g/mol. The number of pyridine rings is 1. The van der Waals surface area contributed by atoms with Gasteiger partial charge in [-0.15, -0.1) is 0 Å². The number of hydrogen-bond donors (Lipinski definition) is 0. The molecule has 3 heterocycles. The molecule has 5 heteroatoms. The monoisotopic (exact) mass is 466 g/mol. The van der Waals surface area contributed by atoms with E-state index in [2.05, 4.69) is 69.0 Å². The number of nitrogens with zero attached hydrogens (tertiary/aromatic N) is 4. The van der Waals surface area contributed by atoms with Crippen LogP contribution in [-0.2, 0) is 6.67 Å². The van der Waals surface area contributed by atoms with Crippen molar-refractivity contribution in [3.8, 4) is 34.1 Å². The molecule has 0 radical (unpaired) electrons. The second-order valence-corrected chi connectivity index (χ2v) is 8.78. The van der Waals surface area contributed by atoms with E-state index in [1.54, 1.807) is 6.20 Å². The lowest BCUT2D eigenvalue weighted by atomic mass is 10.1. The minimum atomic E-state index is 0.672. The molecule has 0 fully saturated rings. The van der Waals surface area contributed by atoms with Crippen molar-refractivity contribution in [2.24, 2.45) is 0 Å². The summed E-state index contributed by atoms with van der Waals surface area (Å²) in [5.41, 5.74) is 7.40. The van der Waals surface area contributed by atoms with E-state index in [0.29, 0.717) is 6.67 Å². The molecule has 0 bridgehead atoms. The van der Waals surface area contributed by atoms with Crippen molar-refractivity contribution in [1.82, 2.24) is 14.5 Å². The first kappa shape index (κ1) is 20.5. The zero-order chi connectivity index (χ0) is 23.9. The highest BCUT2D eigenvalue weighted by atomic mass is 16.5. The molecule has 5 nitrogen and oxygen atoms in total. The van der Waals surface area contributed by atoms with Gasteiger partial charge in [0.15, 0.2) is 0 Å². The molecule has 0 saturated carbocycles. The Balaban J connectivity index is 1.25. The minimum absolute atomic E-state index is 0.672. The molecule has 6 aromatic rings. The van der Waals surface area contributed by atoms with Gasteiger partial charge >= 0.3 is 0 Å². The Morgan fingerprint density at radius 1 is 0.694 bits per heavy atom. The van der Waals surface area contributed by atoms with E-state index in [0.717, 1.165) is 56.6 Å². The van der Waals surface area contributed by atoms with Gasteiger partial charge in [0.1, 0.15) is 24.0 Å². The summed E-state index contributed by atoms with van der Waals surface area (Å²) in [6, 6.07) is 38.9. The Labute approximate surface area is 208 Å². The normalized spacial score (nSPS) is 12.3. The molecule has 7 rings (SSSR count). The molecule has 0 atom stereocenters. The Hall–Kier alpha value is -4.90. The van der Waals surface area contributed by atoms with Crippen LogP contribution < -0.4 is 9.64 Å². The van der Waals surface area contributed by atoms with Crippen molar-refractivity contribution in [2.45, 2.75) is 6.67 Å². The molecule has 0 amide bonds. The molecule has 0 saturated heterocycles. The van der Waals surface area contributed by atoms with E-state index in [-0.39, 0.29) is 0 Å². The summed E-state index contributed by atoms with van der Waals surface area (Å²) < 4.78 is 8.59. The quantitative estimate of drug-likeness (QED) is 0.267. The smallest absolute Gasteiger partial charge is 0.144 e. The van der Waals surface area contributed by atoms with Crippen molar-refractivity contribution in [1.29, 1.82) is 0 Å². The van der Waals surface area contributed by atoms with Gasteiger partial charge in [0.2, 0.25) is 0 Å². The molecule has 1 aliphatic rings. The fourth-order valence-corrected chi connectivity index (χ4v) is 4.86. The fraction of sp³-hybridized carbons (Fsp3) is 0.0323. The lowest BCUT2D eigenvalue weighted by Gasteiger charge is -2.32. The van der Waals surface area contributed by atoms with Crippen LogP contribution in [0.15, 0.2) is 121 Å². The highest BCUT2D eigenvalue weighted by Gasteiger charge is 2.26. The van der Waals surface area contributed by atoms with Gasteiger partial charge in [0.05, 0.1) is 22.4 Å². The van der Waals surface area contributed by atoms with Crippen molar-refractivity contribution in [3.63, 3.8) is 0 Å². The van der Waals surface area contributed by atoms with Gasteiger partial charge in [-0.1, -0.05) is 48.5 Å². The maximum absolute atomic E-state index is 6.31. The number of benzene rings is 4. The summed E-state index contributed by atoms with van der Waals surface area (Å²) in [6.45, 7) is 0.672. The number of anilines is 2. The number of ether oxygens (including phenoxy) is 1. The van der Waals surface area contributed by atoms with Crippen LogP contribution in [0.2, 0.25) is 0 Å². The molecule has 0 unspecified atom stereocenters. The second kappa shape index (κ2) is 8.40. The zero-order valence-corrected chi connectivity index (χ0v) is 19.5. The second-order valence-electron chi connectivity index (χ2n) is 8.78. The third-order valence-electron chi connectivity index (χ3n) is 6.53. The van der Waals surface area contributed by atoms with E-state index in [4.69, 9.17) is 9.72 Å². The highest BCUT2D eigenvalue weighted by Crippen LogP contribution is 2.42. The summed E-state index contributed by atoms with van der Waals surface area (Å²) in [7, 11) is 0. The molecule has 0 aliphatic carbocycles.